The lowest BCUT2D eigenvalue weighted by Gasteiger charge is -2.03. The minimum atomic E-state index is -0.417. The lowest BCUT2D eigenvalue weighted by Crippen LogP contribution is -2.22. The van der Waals surface area contributed by atoms with Gasteiger partial charge in [-0.05, 0) is 17.7 Å². The van der Waals surface area contributed by atoms with Gasteiger partial charge in [0.25, 0.3) is 0 Å². The van der Waals surface area contributed by atoms with Gasteiger partial charge in [-0.2, -0.15) is 0 Å². The molecule has 0 aliphatic heterocycles. The average molecular weight is 244 g/mol. The van der Waals surface area contributed by atoms with E-state index in [1.807, 2.05) is 24.3 Å². The molecule has 70 valence electrons. The van der Waals surface area contributed by atoms with Crippen molar-refractivity contribution in [1.82, 2.24) is 5.32 Å². The Kier molecular flexibility index (Phi) is 3.76. The van der Waals surface area contributed by atoms with Crippen LogP contribution in [0.5, 0.6) is 0 Å². The Labute approximate surface area is 85.2 Å². The summed E-state index contributed by atoms with van der Waals surface area (Å²) in [4.78, 5) is 10.7. The molecule has 13 heavy (non-hydrogen) atoms. The van der Waals surface area contributed by atoms with Gasteiger partial charge in [-0.3, -0.25) is 0 Å². The van der Waals surface area contributed by atoms with Gasteiger partial charge in [-0.1, -0.05) is 28.1 Å². The Balaban J connectivity index is 2.50. The van der Waals surface area contributed by atoms with Crippen LogP contribution in [0.1, 0.15) is 5.56 Å². The van der Waals surface area contributed by atoms with E-state index in [0.29, 0.717) is 6.54 Å². The number of nitrogens with one attached hydrogen (secondary N) is 1. The molecule has 0 aliphatic carbocycles. The molecule has 0 heterocycles. The van der Waals surface area contributed by atoms with Gasteiger partial charge in [-0.25, -0.2) is 4.79 Å². The zero-order valence-electron chi connectivity index (χ0n) is 7.21. The Hall–Kier alpha value is -1.03. The van der Waals surface area contributed by atoms with Gasteiger partial charge in [-0.15, -0.1) is 0 Å². The van der Waals surface area contributed by atoms with Crippen molar-refractivity contribution in [1.29, 1.82) is 0 Å². The number of halogens is 1. The molecule has 4 heteroatoms. The van der Waals surface area contributed by atoms with Crippen molar-refractivity contribution >= 4 is 22.0 Å². The standard InChI is InChI=1S/C9H10BrNO2/c1-13-9(12)11-6-7-3-2-4-8(10)5-7/h2-5H,6H2,1H3,(H,11,12). The number of methoxy groups -OCH3 is 1. The van der Waals surface area contributed by atoms with Gasteiger partial charge >= 0.3 is 6.09 Å². The summed E-state index contributed by atoms with van der Waals surface area (Å²) >= 11 is 3.34. The molecular weight excluding hydrogens is 234 g/mol. The normalized spacial score (nSPS) is 9.38. The second-order valence-corrected chi connectivity index (χ2v) is 3.39. The third kappa shape index (κ3) is 3.46. The Morgan fingerprint density at radius 2 is 2.38 bits per heavy atom. The Morgan fingerprint density at radius 1 is 1.62 bits per heavy atom. The highest BCUT2D eigenvalue weighted by Gasteiger charge is 1.98. The van der Waals surface area contributed by atoms with E-state index in [-0.39, 0.29) is 0 Å². The maximum absolute atomic E-state index is 10.7. The SMILES string of the molecule is COC(=O)NCc1cccc(Br)c1. The monoisotopic (exact) mass is 243 g/mol. The molecule has 0 saturated heterocycles. The van der Waals surface area contributed by atoms with E-state index in [1.165, 1.54) is 7.11 Å². The molecule has 1 aromatic rings. The third-order valence-corrected chi connectivity index (χ3v) is 2.00. The Morgan fingerprint density at radius 3 is 3.00 bits per heavy atom. The molecule has 0 unspecified atom stereocenters. The maximum Gasteiger partial charge on any atom is 0.407 e. The van der Waals surface area contributed by atoms with Crippen LogP contribution < -0.4 is 5.32 Å². The summed E-state index contributed by atoms with van der Waals surface area (Å²) in [6.45, 7) is 0.478. The lowest BCUT2D eigenvalue weighted by molar-refractivity contribution is 0.170. The van der Waals surface area contributed by atoms with Crippen LogP contribution in [-0.2, 0) is 11.3 Å². The quantitative estimate of drug-likeness (QED) is 0.866. The molecule has 0 saturated carbocycles. The molecule has 1 N–H and O–H groups in total. The molecule has 0 bridgehead atoms. The molecule has 0 aliphatic rings. The number of amides is 1. The highest BCUT2D eigenvalue weighted by atomic mass is 79.9. The van der Waals surface area contributed by atoms with Crippen LogP contribution in [0.15, 0.2) is 28.7 Å². The number of carbonyl (C=O) groups excluding carboxylic acids is 1. The summed E-state index contributed by atoms with van der Waals surface area (Å²) in [5.74, 6) is 0. The Bertz CT molecular complexity index is 301. The number of ether oxygens (including phenoxy) is 1. The second-order valence-electron chi connectivity index (χ2n) is 2.48. The average Bonchev–Trinajstić information content (AvgIpc) is 2.14. The first-order valence-electron chi connectivity index (χ1n) is 3.78. The summed E-state index contributed by atoms with van der Waals surface area (Å²) in [7, 11) is 1.34. The topological polar surface area (TPSA) is 38.3 Å². The minimum absolute atomic E-state index is 0.417. The highest BCUT2D eigenvalue weighted by molar-refractivity contribution is 9.10. The van der Waals surface area contributed by atoms with Crippen LogP contribution in [-0.4, -0.2) is 13.2 Å². The van der Waals surface area contributed by atoms with E-state index in [0.717, 1.165) is 10.0 Å². The molecular formula is C9H10BrNO2. The molecule has 1 amide bonds. The van der Waals surface area contributed by atoms with E-state index in [2.05, 4.69) is 26.0 Å². The third-order valence-electron chi connectivity index (χ3n) is 1.51. The van der Waals surface area contributed by atoms with E-state index in [1.54, 1.807) is 0 Å². The van der Waals surface area contributed by atoms with Crippen molar-refractivity contribution in [3.63, 3.8) is 0 Å². The molecule has 3 nitrogen and oxygen atoms in total. The van der Waals surface area contributed by atoms with Crippen molar-refractivity contribution in [3.05, 3.63) is 34.3 Å². The highest BCUT2D eigenvalue weighted by Crippen LogP contribution is 2.11. The zero-order chi connectivity index (χ0) is 9.68. The van der Waals surface area contributed by atoms with Crippen molar-refractivity contribution in [3.8, 4) is 0 Å². The number of benzene rings is 1. The first kappa shape index (κ1) is 10.1. The molecule has 0 atom stereocenters. The van der Waals surface area contributed by atoms with Crippen LogP contribution in [0.3, 0.4) is 0 Å². The molecule has 0 spiro atoms. The van der Waals surface area contributed by atoms with Crippen LogP contribution in [0, 0.1) is 0 Å². The summed E-state index contributed by atoms with van der Waals surface area (Å²) in [5.41, 5.74) is 1.03. The summed E-state index contributed by atoms with van der Waals surface area (Å²) < 4.78 is 5.44. The lowest BCUT2D eigenvalue weighted by atomic mass is 10.2. The smallest absolute Gasteiger partial charge is 0.407 e. The molecule has 1 rings (SSSR count). The minimum Gasteiger partial charge on any atom is -0.453 e. The number of hydrogen-bond acceptors (Lipinski definition) is 2. The molecule has 0 fully saturated rings. The van der Waals surface area contributed by atoms with Crippen molar-refractivity contribution in [2.45, 2.75) is 6.54 Å². The number of carbonyl (C=O) groups is 1. The summed E-state index contributed by atoms with van der Waals surface area (Å²) in [6.07, 6.45) is -0.417. The van der Waals surface area contributed by atoms with E-state index < -0.39 is 6.09 Å². The van der Waals surface area contributed by atoms with Crippen LogP contribution in [0.2, 0.25) is 0 Å². The molecule has 0 aromatic heterocycles. The fourth-order valence-electron chi connectivity index (χ4n) is 0.893. The van der Waals surface area contributed by atoms with E-state index in [9.17, 15) is 4.79 Å². The number of hydrogen-bond donors (Lipinski definition) is 1. The van der Waals surface area contributed by atoms with Gasteiger partial charge in [0.05, 0.1) is 7.11 Å². The first-order valence-corrected chi connectivity index (χ1v) is 4.58. The number of alkyl carbamates (subject to hydrolysis) is 1. The van der Waals surface area contributed by atoms with Crippen LogP contribution in [0.4, 0.5) is 4.79 Å². The number of rotatable bonds is 2. The summed E-state index contributed by atoms with van der Waals surface area (Å²) in [5, 5.41) is 2.59. The van der Waals surface area contributed by atoms with Gasteiger partial charge in [0.2, 0.25) is 0 Å². The molecule has 1 aromatic carbocycles. The summed E-state index contributed by atoms with van der Waals surface area (Å²) in [6, 6.07) is 7.72. The second kappa shape index (κ2) is 4.87. The van der Waals surface area contributed by atoms with Gasteiger partial charge in [0.15, 0.2) is 0 Å². The van der Waals surface area contributed by atoms with Crippen LogP contribution in [0.25, 0.3) is 0 Å². The predicted octanol–water partition coefficient (Wildman–Crippen LogP) is 2.31. The van der Waals surface area contributed by atoms with Crippen molar-refractivity contribution in [2.75, 3.05) is 7.11 Å². The van der Waals surface area contributed by atoms with Gasteiger partial charge in [0.1, 0.15) is 0 Å². The largest absolute Gasteiger partial charge is 0.453 e. The van der Waals surface area contributed by atoms with E-state index >= 15 is 0 Å². The fourth-order valence-corrected chi connectivity index (χ4v) is 1.34. The zero-order valence-corrected chi connectivity index (χ0v) is 8.80. The first-order chi connectivity index (χ1) is 6.22. The van der Waals surface area contributed by atoms with Gasteiger partial charge in [0, 0.05) is 11.0 Å². The maximum atomic E-state index is 10.7. The predicted molar refractivity (Wildman–Crippen MR) is 53.4 cm³/mol. The van der Waals surface area contributed by atoms with E-state index in [4.69, 9.17) is 0 Å². The van der Waals surface area contributed by atoms with Crippen molar-refractivity contribution < 1.29 is 9.53 Å². The van der Waals surface area contributed by atoms with Crippen molar-refractivity contribution in [2.24, 2.45) is 0 Å². The van der Waals surface area contributed by atoms with Gasteiger partial charge < -0.3 is 10.1 Å². The molecule has 0 radical (unpaired) electrons. The van der Waals surface area contributed by atoms with Crippen LogP contribution >= 0.6 is 15.9 Å². The fraction of sp³-hybridized carbons (Fsp3) is 0.222.